The summed E-state index contributed by atoms with van der Waals surface area (Å²) in [6.07, 6.45) is 69.5. The summed E-state index contributed by atoms with van der Waals surface area (Å²) in [5.41, 5.74) is 39.7. The van der Waals surface area contributed by atoms with Crippen LogP contribution in [0.15, 0.2) is 449 Å². The van der Waals surface area contributed by atoms with E-state index in [2.05, 4.69) is 659 Å². The molecule has 0 heteroatoms. The lowest BCUT2D eigenvalue weighted by Crippen LogP contribution is -2.40. The van der Waals surface area contributed by atoms with Gasteiger partial charge in [0.1, 0.15) is 0 Å². The van der Waals surface area contributed by atoms with E-state index < -0.39 is 0 Å². The smallest absolute Gasteiger partial charge is 0.00120 e. The predicted octanol–water partition coefficient (Wildman–Crippen LogP) is 39.7. The molecule has 0 fully saturated rings. The molecule has 0 nitrogen and oxygen atoms in total. The molecule has 0 saturated carbocycles. The lowest BCUT2D eigenvalue weighted by Gasteiger charge is -2.43. The highest BCUT2D eigenvalue weighted by atomic mass is 14.4. The molecule has 0 aliphatic heterocycles. The van der Waals surface area contributed by atoms with E-state index in [0.29, 0.717) is 0 Å². The van der Waals surface area contributed by atoms with Crippen molar-refractivity contribution in [1.29, 1.82) is 0 Å². The predicted molar refractivity (Wildman–Crippen MR) is 645 cm³/mol. The van der Waals surface area contributed by atoms with Gasteiger partial charge < -0.3 is 0 Å². The third-order valence-electron chi connectivity index (χ3n) is 27.0. The summed E-state index contributed by atoms with van der Waals surface area (Å²) in [5.74, 6) is 0. The lowest BCUT2D eigenvalue weighted by atomic mass is 9.61. The molecule has 702 valence electrons. The molecule has 18 aromatic rings. The van der Waals surface area contributed by atoms with Gasteiger partial charge in [0.2, 0.25) is 0 Å². The van der Waals surface area contributed by atoms with Gasteiger partial charge in [-0.05, 0) is 200 Å². The molecule has 0 aliphatic rings. The van der Waals surface area contributed by atoms with Crippen molar-refractivity contribution in [3.63, 3.8) is 0 Å². The van der Waals surface area contributed by atoms with E-state index in [-0.39, 0.29) is 10.8 Å². The Balaban J connectivity index is 0.379. The molecule has 0 bridgehead atoms. The first-order valence-corrected chi connectivity index (χ1v) is 50.3. The van der Waals surface area contributed by atoms with Gasteiger partial charge >= 0.3 is 0 Å². The van der Waals surface area contributed by atoms with E-state index in [4.69, 9.17) is 0 Å². The van der Waals surface area contributed by atoms with Crippen LogP contribution in [0.3, 0.4) is 0 Å². The van der Waals surface area contributed by atoms with Crippen molar-refractivity contribution in [2.24, 2.45) is 0 Å². The Morgan fingerprint density at radius 3 is 0.219 bits per heavy atom. The summed E-state index contributed by atoms with van der Waals surface area (Å²) in [5, 5.41) is 0. The summed E-state index contributed by atoms with van der Waals surface area (Å²) >= 11 is 0. The van der Waals surface area contributed by atoms with Crippen LogP contribution >= 0.6 is 0 Å². The molecular weight excluding hydrogens is 1750 g/mol. The minimum atomic E-state index is -0.140. The summed E-state index contributed by atoms with van der Waals surface area (Å²) < 4.78 is 0. The topological polar surface area (TPSA) is 0 Å². The maximum atomic E-state index is 2.37. The summed E-state index contributed by atoms with van der Waals surface area (Å²) in [6.45, 7) is 9.47. The third-order valence-corrected chi connectivity index (χ3v) is 27.0. The highest BCUT2D eigenvalue weighted by Gasteiger charge is 2.39. The second-order valence-electron chi connectivity index (χ2n) is 38.0. The molecule has 0 aliphatic carbocycles. The van der Waals surface area contributed by atoms with Gasteiger partial charge in [0.15, 0.2) is 0 Å². The Bertz CT molecular complexity index is 7360. The van der Waals surface area contributed by atoms with Crippen molar-refractivity contribution >= 4 is 194 Å². The van der Waals surface area contributed by atoms with Crippen molar-refractivity contribution in [2.75, 3.05) is 0 Å². The van der Waals surface area contributed by atoms with Crippen LogP contribution < -0.4 is 0 Å². The van der Waals surface area contributed by atoms with E-state index >= 15 is 0 Å². The fraction of sp³-hybridized carbons (Fsp3) is 0.0411. The monoisotopic (exact) mass is 1870 g/mol. The molecule has 0 unspecified atom stereocenters. The van der Waals surface area contributed by atoms with Crippen molar-refractivity contribution < 1.29 is 0 Å². The second-order valence-corrected chi connectivity index (χ2v) is 38.0. The summed E-state index contributed by atoms with van der Waals surface area (Å²) in [7, 11) is 0. The first-order valence-electron chi connectivity index (χ1n) is 50.3. The fourth-order valence-electron chi connectivity index (χ4n) is 17.0. The van der Waals surface area contributed by atoms with Gasteiger partial charge in [-0.25, -0.2) is 0 Å². The number of hydrogen-bond acceptors (Lipinski definition) is 0. The Morgan fingerprint density at radius 1 is 0.0822 bits per heavy atom. The highest BCUT2D eigenvalue weighted by molar-refractivity contribution is 5.84. The van der Waals surface area contributed by atoms with Gasteiger partial charge in [-0.2, -0.15) is 0 Å². The zero-order valence-electron chi connectivity index (χ0n) is 83.2. The average molecular weight is 1870 g/mol. The molecule has 18 rings (SSSR count). The molecule has 146 heavy (non-hydrogen) atoms. The number of hydrogen-bond donors (Lipinski definition) is 0. The van der Waals surface area contributed by atoms with E-state index in [1.165, 1.54) is 77.9 Å². The maximum absolute atomic E-state index is 2.37. The molecule has 0 N–H and O–H groups in total. The Morgan fingerprint density at radius 2 is 0.144 bits per heavy atom. The quantitative estimate of drug-likeness (QED) is 0.0347. The van der Waals surface area contributed by atoms with Gasteiger partial charge in [0.05, 0.1) is 0 Å². The summed E-state index contributed by atoms with van der Waals surface area (Å²) in [4.78, 5) is 0. The highest BCUT2D eigenvalue weighted by Crippen LogP contribution is 2.44. The second kappa shape index (κ2) is 49.3. The average Bonchev–Trinajstić information content (AvgIpc) is 0.760. The van der Waals surface area contributed by atoms with Gasteiger partial charge in [0.25, 0.3) is 0 Å². The van der Waals surface area contributed by atoms with Crippen LogP contribution in [0.2, 0.25) is 0 Å². The van der Waals surface area contributed by atoms with Crippen molar-refractivity contribution in [3.05, 3.63) is 638 Å². The van der Waals surface area contributed by atoms with Gasteiger partial charge in [0, 0.05) is 0 Å². The molecular formula is C146H118. The molecule has 0 saturated heterocycles. The third kappa shape index (κ3) is 29.3. The van der Waals surface area contributed by atoms with Gasteiger partial charge in [-0.3, -0.25) is 0 Å². The molecule has 0 heterocycles. The van der Waals surface area contributed by atoms with Crippen LogP contribution in [-0.4, -0.2) is 0 Å². The molecule has 0 amide bonds. The standard InChI is InChI=1S/C146H118/c1-145(2,143-107-103-141(104-108-143)101-99-139-95-91-137(92-96-139)89-87-135-83-79-133(80-84-135)77-75-131-71-67-129(68-72-131)65-63-127-59-55-125(56-60-127)53-51-123-47-43-121(44-48-123)41-39-119-35-31-117(32-36-119)29-27-115-23-19-113(20-24-115)17-15-111-11-7-5-8-12-111)146(3,4)144-109-105-142(106-110-144)102-100-140-97-93-138(94-98-140)90-88-136-85-81-134(82-86-136)78-76-132-73-69-130(70-74-132)66-64-128-61-57-126(58-62-128)54-52-124-49-45-122(46-50-124)42-40-120-37-33-118(34-38-120)30-28-116-25-21-114(22-26-116)18-16-112-13-9-6-10-14-112/h5-110H,1-4H3/b17-15+,18-16+,29-27+,30-28+,41-39+,42-40+,53-51+,54-52+,65-63+,66-64+,77-75+,78-76+,89-87+,90-88+,101-99+,102-100+. The lowest BCUT2D eigenvalue weighted by molar-refractivity contribution is 0.303. The van der Waals surface area contributed by atoms with Gasteiger partial charge in [-0.1, -0.05) is 671 Å². The molecule has 0 radical (unpaired) electrons. The van der Waals surface area contributed by atoms with E-state index in [0.717, 1.165) is 111 Å². The summed E-state index contributed by atoms with van der Waals surface area (Å²) in [6, 6.07) is 161. The van der Waals surface area contributed by atoms with E-state index in [9.17, 15) is 0 Å². The molecule has 18 aromatic carbocycles. The number of rotatable bonds is 35. The Kier molecular flexibility index (Phi) is 33.1. The number of benzene rings is 18. The zero-order chi connectivity index (χ0) is 99.6. The Labute approximate surface area is 864 Å². The normalized spacial score (nSPS) is 12.5. The minimum Gasteiger partial charge on any atom is -0.0622 e. The minimum absolute atomic E-state index is 0.140. The van der Waals surface area contributed by atoms with Crippen LogP contribution in [0, 0.1) is 0 Å². The maximum Gasteiger partial charge on any atom is -0.00120 e. The Hall–Kier alpha value is -18.2. The van der Waals surface area contributed by atoms with Crippen LogP contribution in [0.5, 0.6) is 0 Å². The molecule has 0 atom stereocenters. The van der Waals surface area contributed by atoms with Gasteiger partial charge in [-0.15, -0.1) is 0 Å². The van der Waals surface area contributed by atoms with Crippen LogP contribution in [0.1, 0.15) is 217 Å². The molecule has 0 aromatic heterocycles. The SMILES string of the molecule is CC(C)(c1ccc(/C=C/c2ccc(/C=C/c3ccc(/C=C/c4ccc(/C=C/c5ccc(/C=C/c6ccc(/C=C/c7ccc(/C=C/c8ccc(/C=C/c9ccccc9)cc8)cc7)cc6)cc5)cc4)cc3)cc2)cc1)C(C)(C)c1ccc(/C=C/c2ccc(/C=C/c3ccc(/C=C/c4ccc(/C=C/c5ccc(/C=C/c6ccc(/C=C/c7ccc(/C=C/c8ccc(/C=C/c9ccccc9)cc8)cc7)cc6)cc5)cc4)cc3)cc2)cc1. The van der Waals surface area contributed by atoms with E-state index in [1.807, 2.05) is 12.1 Å². The van der Waals surface area contributed by atoms with Crippen molar-refractivity contribution in [1.82, 2.24) is 0 Å². The largest absolute Gasteiger partial charge is 0.0622 e. The fourth-order valence-corrected chi connectivity index (χ4v) is 17.0. The zero-order valence-corrected chi connectivity index (χ0v) is 83.2. The van der Waals surface area contributed by atoms with Crippen LogP contribution in [0.4, 0.5) is 0 Å². The molecule has 0 spiro atoms. The first-order chi connectivity index (χ1) is 71.7. The van der Waals surface area contributed by atoms with E-state index in [1.54, 1.807) is 0 Å². The van der Waals surface area contributed by atoms with Crippen molar-refractivity contribution in [2.45, 2.75) is 38.5 Å². The van der Waals surface area contributed by atoms with Crippen LogP contribution in [-0.2, 0) is 10.8 Å². The van der Waals surface area contributed by atoms with Crippen LogP contribution in [0.25, 0.3) is 194 Å². The van der Waals surface area contributed by atoms with Crippen molar-refractivity contribution in [3.8, 4) is 0 Å². The first kappa shape index (κ1) is 98.0.